The second-order valence-corrected chi connectivity index (χ2v) is 3.50. The minimum atomic E-state index is 0.762. The van der Waals surface area contributed by atoms with Crippen molar-refractivity contribution in [2.45, 2.75) is 4.90 Å². The Morgan fingerprint density at radius 2 is 1.67 bits per heavy atom. The van der Waals surface area contributed by atoms with Crippen molar-refractivity contribution in [3.63, 3.8) is 0 Å². The maximum absolute atomic E-state index is 6.01. The van der Waals surface area contributed by atoms with Crippen molar-refractivity contribution < 1.29 is 0 Å². The average molecular weight is 195 g/mol. The van der Waals surface area contributed by atoms with E-state index in [9.17, 15) is 0 Å². The van der Waals surface area contributed by atoms with Gasteiger partial charge in [0.05, 0.1) is 0 Å². The summed E-state index contributed by atoms with van der Waals surface area (Å²) in [5.41, 5.74) is 0. The third-order valence-electron chi connectivity index (χ3n) is 1.83. The average Bonchev–Trinajstić information content (AvgIpc) is 2.04. The van der Waals surface area contributed by atoms with Gasteiger partial charge in [0.15, 0.2) is 0 Å². The van der Waals surface area contributed by atoms with Crippen molar-refractivity contribution in [3.05, 3.63) is 41.4 Å². The first-order valence-electron chi connectivity index (χ1n) is 3.65. The molecule has 2 heteroatoms. The van der Waals surface area contributed by atoms with Crippen LogP contribution in [0, 0.1) is 0 Å². The lowest BCUT2D eigenvalue weighted by molar-refractivity contribution is 1.56. The number of hydrogen-bond acceptors (Lipinski definition) is 1. The van der Waals surface area contributed by atoms with Crippen LogP contribution < -0.4 is 0 Å². The summed E-state index contributed by atoms with van der Waals surface area (Å²) in [6.07, 6.45) is 0. The standard InChI is InChI=1S/C10H7ClS/c11-8-5-1-3-7-4-2-6-9(12)10(7)8/h1-6,12H. The molecule has 0 aliphatic carbocycles. The summed E-state index contributed by atoms with van der Waals surface area (Å²) < 4.78 is 0. The lowest BCUT2D eigenvalue weighted by atomic mass is 10.1. The van der Waals surface area contributed by atoms with E-state index in [0.29, 0.717) is 0 Å². The highest BCUT2D eigenvalue weighted by Crippen LogP contribution is 2.28. The number of halogens is 1. The Labute approximate surface area is 81.6 Å². The highest BCUT2D eigenvalue weighted by Gasteiger charge is 2.00. The molecule has 0 atom stereocenters. The Kier molecular flexibility index (Phi) is 1.99. The molecule has 0 aliphatic heterocycles. The molecular weight excluding hydrogens is 188 g/mol. The summed E-state index contributed by atoms with van der Waals surface area (Å²) >= 11 is 10.3. The monoisotopic (exact) mass is 194 g/mol. The molecule has 0 saturated heterocycles. The van der Waals surface area contributed by atoms with Crippen LogP contribution in [0.4, 0.5) is 0 Å². The lowest BCUT2D eigenvalue weighted by Crippen LogP contribution is -1.75. The topological polar surface area (TPSA) is 0 Å². The normalized spacial score (nSPS) is 10.5. The quantitative estimate of drug-likeness (QED) is 0.607. The summed E-state index contributed by atoms with van der Waals surface area (Å²) in [5, 5.41) is 2.93. The molecule has 0 radical (unpaired) electrons. The first-order chi connectivity index (χ1) is 5.79. The van der Waals surface area contributed by atoms with Gasteiger partial charge in [0.25, 0.3) is 0 Å². The molecule has 2 aromatic carbocycles. The van der Waals surface area contributed by atoms with Crippen molar-refractivity contribution in [2.75, 3.05) is 0 Å². The van der Waals surface area contributed by atoms with Crippen molar-refractivity contribution >= 4 is 35.0 Å². The molecule has 0 bridgehead atoms. The number of thiol groups is 1. The molecule has 0 N–H and O–H groups in total. The fourth-order valence-electron chi connectivity index (χ4n) is 1.28. The van der Waals surface area contributed by atoms with Crippen LogP contribution in [0.5, 0.6) is 0 Å². The van der Waals surface area contributed by atoms with Gasteiger partial charge in [0, 0.05) is 15.3 Å². The van der Waals surface area contributed by atoms with Crippen LogP contribution in [0.15, 0.2) is 41.3 Å². The van der Waals surface area contributed by atoms with Crippen molar-refractivity contribution in [1.29, 1.82) is 0 Å². The largest absolute Gasteiger partial charge is 0.143 e. The Balaban J connectivity index is 2.96. The van der Waals surface area contributed by atoms with E-state index in [0.717, 1.165) is 20.7 Å². The molecule has 0 fully saturated rings. The second kappa shape index (κ2) is 3.00. The Hall–Kier alpha value is -0.660. The van der Waals surface area contributed by atoms with Crippen molar-refractivity contribution in [1.82, 2.24) is 0 Å². The van der Waals surface area contributed by atoms with Gasteiger partial charge in [-0.2, -0.15) is 0 Å². The summed E-state index contributed by atoms with van der Waals surface area (Å²) in [5.74, 6) is 0. The SMILES string of the molecule is Sc1cccc2cccc(Cl)c12. The van der Waals surface area contributed by atoms with Crippen molar-refractivity contribution in [3.8, 4) is 0 Å². The number of benzene rings is 2. The van der Waals surface area contributed by atoms with E-state index in [-0.39, 0.29) is 0 Å². The maximum Gasteiger partial charge on any atom is 0.0495 e. The lowest BCUT2D eigenvalue weighted by Gasteiger charge is -2.01. The first-order valence-corrected chi connectivity index (χ1v) is 4.48. The third kappa shape index (κ3) is 1.19. The summed E-state index contributed by atoms with van der Waals surface area (Å²) in [6, 6.07) is 11.8. The Morgan fingerprint density at radius 3 is 2.33 bits per heavy atom. The molecule has 0 amide bonds. The zero-order valence-electron chi connectivity index (χ0n) is 6.29. The molecule has 0 heterocycles. The van der Waals surface area contributed by atoms with Gasteiger partial charge in [0.2, 0.25) is 0 Å². The molecule has 60 valence electrons. The van der Waals surface area contributed by atoms with E-state index in [1.165, 1.54) is 0 Å². The van der Waals surface area contributed by atoms with Gasteiger partial charge in [-0.1, -0.05) is 35.9 Å². The van der Waals surface area contributed by atoms with Crippen LogP contribution in [-0.4, -0.2) is 0 Å². The molecule has 2 aromatic rings. The van der Waals surface area contributed by atoms with Gasteiger partial charge in [0.1, 0.15) is 0 Å². The van der Waals surface area contributed by atoms with Crippen LogP contribution in [-0.2, 0) is 0 Å². The van der Waals surface area contributed by atoms with Gasteiger partial charge in [-0.25, -0.2) is 0 Å². The fraction of sp³-hybridized carbons (Fsp3) is 0. The van der Waals surface area contributed by atoms with E-state index in [4.69, 9.17) is 11.6 Å². The number of fused-ring (bicyclic) bond motifs is 1. The van der Waals surface area contributed by atoms with Crippen LogP contribution in [0.25, 0.3) is 10.8 Å². The highest BCUT2D eigenvalue weighted by atomic mass is 35.5. The number of rotatable bonds is 0. The van der Waals surface area contributed by atoms with Gasteiger partial charge in [-0.3, -0.25) is 0 Å². The molecule has 0 unspecified atom stereocenters. The molecule has 12 heavy (non-hydrogen) atoms. The Morgan fingerprint density at radius 1 is 1.00 bits per heavy atom. The van der Waals surface area contributed by atoms with Crippen LogP contribution in [0.2, 0.25) is 5.02 Å². The minimum Gasteiger partial charge on any atom is -0.143 e. The molecule has 2 rings (SSSR count). The van der Waals surface area contributed by atoms with E-state index >= 15 is 0 Å². The fourth-order valence-corrected chi connectivity index (χ4v) is 1.96. The smallest absolute Gasteiger partial charge is 0.0495 e. The zero-order chi connectivity index (χ0) is 8.55. The van der Waals surface area contributed by atoms with E-state index in [1.54, 1.807) is 0 Å². The summed E-state index contributed by atoms with van der Waals surface area (Å²) in [6.45, 7) is 0. The minimum absolute atomic E-state index is 0.762. The van der Waals surface area contributed by atoms with Crippen LogP contribution in [0.3, 0.4) is 0 Å². The molecular formula is C10H7ClS. The molecule has 0 spiro atoms. The predicted octanol–water partition coefficient (Wildman–Crippen LogP) is 3.78. The van der Waals surface area contributed by atoms with E-state index in [1.807, 2.05) is 36.4 Å². The number of hydrogen-bond donors (Lipinski definition) is 1. The van der Waals surface area contributed by atoms with Crippen molar-refractivity contribution in [2.24, 2.45) is 0 Å². The summed E-state index contributed by atoms with van der Waals surface area (Å²) in [7, 11) is 0. The van der Waals surface area contributed by atoms with Gasteiger partial charge in [-0.05, 0) is 17.5 Å². The molecule has 0 saturated carbocycles. The Bertz CT molecular complexity index is 386. The molecule has 0 aliphatic rings. The maximum atomic E-state index is 6.01. The van der Waals surface area contributed by atoms with E-state index < -0.39 is 0 Å². The predicted molar refractivity (Wildman–Crippen MR) is 56.2 cm³/mol. The zero-order valence-corrected chi connectivity index (χ0v) is 7.94. The summed E-state index contributed by atoms with van der Waals surface area (Å²) in [4.78, 5) is 0.929. The highest BCUT2D eigenvalue weighted by molar-refractivity contribution is 7.80. The second-order valence-electron chi connectivity index (χ2n) is 2.62. The van der Waals surface area contributed by atoms with Gasteiger partial charge < -0.3 is 0 Å². The molecule has 0 aromatic heterocycles. The van der Waals surface area contributed by atoms with E-state index in [2.05, 4.69) is 12.6 Å². The van der Waals surface area contributed by atoms with Gasteiger partial charge >= 0.3 is 0 Å². The molecule has 0 nitrogen and oxygen atoms in total. The van der Waals surface area contributed by atoms with Crippen LogP contribution in [0.1, 0.15) is 0 Å². The third-order valence-corrected chi connectivity index (χ3v) is 2.52. The van der Waals surface area contributed by atoms with Crippen LogP contribution >= 0.6 is 24.2 Å². The first kappa shape index (κ1) is 7.96. The van der Waals surface area contributed by atoms with Gasteiger partial charge in [-0.15, -0.1) is 12.6 Å².